The number of fused-ring (bicyclic) bond motifs is 3. The van der Waals surface area contributed by atoms with Gasteiger partial charge in [0.25, 0.3) is 0 Å². The van der Waals surface area contributed by atoms with Gasteiger partial charge in [-0.2, -0.15) is 0 Å². The molecule has 1 amide bonds. The number of carboxylic acids is 1. The van der Waals surface area contributed by atoms with E-state index in [1.54, 1.807) is 55.6 Å². The predicted molar refractivity (Wildman–Crippen MR) is 143 cm³/mol. The van der Waals surface area contributed by atoms with Crippen molar-refractivity contribution in [2.45, 2.75) is 18.4 Å². The summed E-state index contributed by atoms with van der Waals surface area (Å²) in [5.74, 6) is 0.490. The number of benzene rings is 4. The largest absolute Gasteiger partial charge is 0.497 e. The van der Waals surface area contributed by atoms with Gasteiger partial charge in [-0.1, -0.05) is 66.7 Å². The minimum absolute atomic E-state index is 0.0197. The first-order valence-corrected chi connectivity index (χ1v) is 12.3. The summed E-state index contributed by atoms with van der Waals surface area (Å²) in [4.78, 5) is 24.8. The number of methoxy groups -OCH3 is 1. The molecular weight excluding hydrogens is 482 g/mol. The summed E-state index contributed by atoms with van der Waals surface area (Å²) >= 11 is 0. The van der Waals surface area contributed by atoms with Gasteiger partial charge in [0.15, 0.2) is 0 Å². The Kier molecular flexibility index (Phi) is 7.26. The molecule has 1 aliphatic rings. The molecule has 1 atom stereocenters. The van der Waals surface area contributed by atoms with Gasteiger partial charge in [0, 0.05) is 12.3 Å². The zero-order valence-electron chi connectivity index (χ0n) is 20.8. The third-order valence-corrected chi connectivity index (χ3v) is 6.62. The van der Waals surface area contributed by atoms with E-state index in [2.05, 4.69) is 17.4 Å². The number of rotatable bonds is 9. The number of carboxylic acid groups (broad SMARTS) is 1. The van der Waals surface area contributed by atoms with Crippen molar-refractivity contribution in [2.24, 2.45) is 0 Å². The number of nitrogens with one attached hydrogen (secondary N) is 1. The molecule has 5 rings (SSSR count). The minimum atomic E-state index is -1.20. The van der Waals surface area contributed by atoms with Crippen LogP contribution in [-0.2, 0) is 16.0 Å². The van der Waals surface area contributed by atoms with E-state index in [0.29, 0.717) is 22.8 Å². The number of ether oxygens (including phenoxy) is 3. The lowest BCUT2D eigenvalue weighted by molar-refractivity contribution is -0.139. The summed E-state index contributed by atoms with van der Waals surface area (Å²) in [5.41, 5.74) is 5.04. The van der Waals surface area contributed by atoms with E-state index in [9.17, 15) is 14.7 Å². The van der Waals surface area contributed by atoms with E-state index in [-0.39, 0.29) is 18.9 Å². The van der Waals surface area contributed by atoms with Gasteiger partial charge in [0.2, 0.25) is 0 Å². The van der Waals surface area contributed by atoms with Gasteiger partial charge in [-0.25, -0.2) is 9.59 Å². The maximum absolute atomic E-state index is 12.7. The SMILES string of the molecule is COc1ccc(Oc2ccccc2CC(NC(=O)OCC2c3ccccc3-c3ccccc32)C(=O)O)cc1. The van der Waals surface area contributed by atoms with Crippen LogP contribution in [0.1, 0.15) is 22.6 Å². The maximum atomic E-state index is 12.7. The van der Waals surface area contributed by atoms with Crippen molar-refractivity contribution >= 4 is 12.1 Å². The molecule has 4 aromatic carbocycles. The summed E-state index contributed by atoms with van der Waals surface area (Å²) in [6.45, 7) is 0.101. The van der Waals surface area contributed by atoms with Crippen molar-refractivity contribution in [3.05, 3.63) is 114 Å². The Morgan fingerprint density at radius 2 is 1.39 bits per heavy atom. The average molecular weight is 510 g/mol. The quantitative estimate of drug-likeness (QED) is 0.287. The van der Waals surface area contributed by atoms with Crippen LogP contribution in [0.3, 0.4) is 0 Å². The summed E-state index contributed by atoms with van der Waals surface area (Å²) in [7, 11) is 1.58. The maximum Gasteiger partial charge on any atom is 0.407 e. The van der Waals surface area contributed by atoms with Gasteiger partial charge in [-0.3, -0.25) is 0 Å². The number of alkyl carbamates (subject to hydrolysis) is 1. The van der Waals surface area contributed by atoms with Crippen LogP contribution >= 0.6 is 0 Å². The molecule has 2 N–H and O–H groups in total. The second-order valence-electron chi connectivity index (χ2n) is 8.95. The van der Waals surface area contributed by atoms with E-state index >= 15 is 0 Å². The summed E-state index contributed by atoms with van der Waals surface area (Å²) in [6, 6.07) is 29.1. The normalized spacial score (nSPS) is 12.7. The van der Waals surface area contributed by atoms with Gasteiger partial charge in [-0.05, 0) is 58.1 Å². The molecule has 1 aliphatic carbocycles. The molecule has 0 heterocycles. The number of hydrogen-bond acceptors (Lipinski definition) is 5. The fourth-order valence-electron chi connectivity index (χ4n) is 4.75. The second-order valence-corrected chi connectivity index (χ2v) is 8.95. The van der Waals surface area contributed by atoms with Crippen LogP contribution in [0.2, 0.25) is 0 Å². The van der Waals surface area contributed by atoms with E-state index in [1.807, 2.05) is 36.4 Å². The first-order chi connectivity index (χ1) is 18.5. The van der Waals surface area contributed by atoms with Crippen molar-refractivity contribution in [1.29, 1.82) is 0 Å². The molecule has 1 unspecified atom stereocenters. The van der Waals surface area contributed by atoms with Crippen molar-refractivity contribution in [3.63, 3.8) is 0 Å². The molecule has 0 saturated heterocycles. The molecular formula is C31H27NO6. The van der Waals surface area contributed by atoms with Crippen molar-refractivity contribution < 1.29 is 28.9 Å². The van der Waals surface area contributed by atoms with Gasteiger partial charge >= 0.3 is 12.1 Å². The first-order valence-electron chi connectivity index (χ1n) is 12.3. The van der Waals surface area contributed by atoms with E-state index in [4.69, 9.17) is 14.2 Å². The molecule has 192 valence electrons. The zero-order chi connectivity index (χ0) is 26.5. The molecule has 0 spiro atoms. The number of aliphatic carboxylic acids is 1. The minimum Gasteiger partial charge on any atom is -0.497 e. The topological polar surface area (TPSA) is 94.1 Å². The van der Waals surface area contributed by atoms with Crippen LogP contribution in [0.25, 0.3) is 11.1 Å². The fraction of sp³-hybridized carbons (Fsp3) is 0.161. The third-order valence-electron chi connectivity index (χ3n) is 6.62. The highest BCUT2D eigenvalue weighted by Crippen LogP contribution is 2.44. The summed E-state index contributed by atoms with van der Waals surface area (Å²) < 4.78 is 16.7. The highest BCUT2D eigenvalue weighted by Gasteiger charge is 2.30. The number of amides is 1. The Hall–Kier alpha value is -4.78. The second kappa shape index (κ2) is 11.1. The molecule has 0 aromatic heterocycles. The van der Waals surface area contributed by atoms with Crippen molar-refractivity contribution in [1.82, 2.24) is 5.32 Å². The molecule has 7 heteroatoms. The summed E-state index contributed by atoms with van der Waals surface area (Å²) in [5, 5.41) is 12.3. The lowest BCUT2D eigenvalue weighted by atomic mass is 9.98. The van der Waals surface area contributed by atoms with Crippen LogP contribution < -0.4 is 14.8 Å². The number of carbonyl (C=O) groups is 2. The molecule has 0 aliphatic heterocycles. The molecule has 0 radical (unpaired) electrons. The van der Waals surface area contributed by atoms with Gasteiger partial charge in [0.1, 0.15) is 29.9 Å². The lowest BCUT2D eigenvalue weighted by Gasteiger charge is -2.19. The highest BCUT2D eigenvalue weighted by molar-refractivity contribution is 5.81. The Morgan fingerprint density at radius 3 is 2.03 bits per heavy atom. The lowest BCUT2D eigenvalue weighted by Crippen LogP contribution is -2.43. The molecule has 0 saturated carbocycles. The van der Waals surface area contributed by atoms with Crippen molar-refractivity contribution in [3.8, 4) is 28.4 Å². The average Bonchev–Trinajstić information content (AvgIpc) is 3.26. The Bertz CT molecular complexity index is 1400. The zero-order valence-corrected chi connectivity index (χ0v) is 20.8. The Labute approximate surface area is 220 Å². The van der Waals surface area contributed by atoms with Gasteiger partial charge < -0.3 is 24.6 Å². The van der Waals surface area contributed by atoms with Gasteiger partial charge in [0.05, 0.1) is 7.11 Å². The molecule has 0 fully saturated rings. The van der Waals surface area contributed by atoms with Crippen LogP contribution in [0.5, 0.6) is 17.2 Å². The highest BCUT2D eigenvalue weighted by atomic mass is 16.5. The number of carbonyl (C=O) groups excluding carboxylic acids is 1. The van der Waals surface area contributed by atoms with E-state index in [0.717, 1.165) is 22.3 Å². The Balaban J connectivity index is 1.25. The van der Waals surface area contributed by atoms with E-state index < -0.39 is 18.1 Å². The first kappa shape index (κ1) is 24.9. The molecule has 7 nitrogen and oxygen atoms in total. The number of para-hydroxylation sites is 1. The standard InChI is InChI=1S/C31H27NO6/c1-36-21-14-16-22(17-15-21)38-29-13-7-2-8-20(29)18-28(30(33)34)32-31(35)37-19-27-25-11-5-3-9-23(25)24-10-4-6-12-26(24)27/h2-17,27-28H,18-19H2,1H3,(H,32,35)(H,33,34). The van der Waals surface area contributed by atoms with Crippen LogP contribution in [0.15, 0.2) is 97.1 Å². The van der Waals surface area contributed by atoms with Crippen LogP contribution in [0, 0.1) is 0 Å². The number of hydrogen-bond donors (Lipinski definition) is 2. The monoisotopic (exact) mass is 509 g/mol. The Morgan fingerprint density at radius 1 is 0.816 bits per heavy atom. The van der Waals surface area contributed by atoms with Gasteiger partial charge in [-0.15, -0.1) is 0 Å². The molecule has 38 heavy (non-hydrogen) atoms. The fourth-order valence-corrected chi connectivity index (χ4v) is 4.75. The molecule has 4 aromatic rings. The predicted octanol–water partition coefficient (Wildman–Crippen LogP) is 6.02. The smallest absolute Gasteiger partial charge is 0.407 e. The third kappa shape index (κ3) is 5.32. The van der Waals surface area contributed by atoms with Crippen molar-refractivity contribution in [2.75, 3.05) is 13.7 Å². The van der Waals surface area contributed by atoms with Crippen LogP contribution in [0.4, 0.5) is 4.79 Å². The van der Waals surface area contributed by atoms with Crippen LogP contribution in [-0.4, -0.2) is 36.9 Å². The van der Waals surface area contributed by atoms with E-state index in [1.165, 1.54) is 0 Å². The molecule has 0 bridgehead atoms. The summed E-state index contributed by atoms with van der Waals surface area (Å²) in [6.07, 6.45) is -0.765.